The molecular weight excluding hydrogens is 228 g/mol. The number of aryl methyl sites for hydroxylation is 2. The molecule has 1 aromatic heterocycles. The maximum absolute atomic E-state index is 8.99. The van der Waals surface area contributed by atoms with E-state index in [1.807, 2.05) is 6.21 Å². The molecule has 2 N–H and O–H groups in total. The predicted molar refractivity (Wildman–Crippen MR) is 71.3 cm³/mol. The number of nitrogens with zero attached hydrogens (tertiary/aromatic N) is 2. The van der Waals surface area contributed by atoms with Crippen LogP contribution in [-0.2, 0) is 12.8 Å². The van der Waals surface area contributed by atoms with Gasteiger partial charge >= 0.3 is 0 Å². The number of hydrogen-bond acceptors (Lipinski definition) is 4. The largest absolute Gasteiger partial charge is 0.396 e. The van der Waals surface area contributed by atoms with Crippen LogP contribution >= 0.6 is 0 Å². The molecular formula is C14H20N2O2. The first-order valence-corrected chi connectivity index (χ1v) is 6.56. The van der Waals surface area contributed by atoms with Crippen molar-refractivity contribution in [1.82, 2.24) is 4.98 Å². The number of fused-ring (bicyclic) bond motifs is 1. The van der Waals surface area contributed by atoms with Gasteiger partial charge in [-0.3, -0.25) is 0 Å². The summed E-state index contributed by atoms with van der Waals surface area (Å²) >= 11 is 0. The molecule has 0 fully saturated rings. The molecule has 18 heavy (non-hydrogen) atoms. The van der Waals surface area contributed by atoms with E-state index in [1.54, 1.807) is 0 Å². The van der Waals surface area contributed by atoms with Gasteiger partial charge in [0.2, 0.25) is 0 Å². The molecule has 0 amide bonds. The summed E-state index contributed by atoms with van der Waals surface area (Å²) in [5, 5.41) is 18.0. The van der Waals surface area contributed by atoms with Crippen LogP contribution in [0, 0.1) is 5.92 Å². The standard InChI is InChI=1S/C14H20N2O2/c17-9-11(10-18)3-1-5-13-7-6-12-4-2-8-15-14(12)16-13/h6-8,11,17-18H,1-5,9-10H2. The van der Waals surface area contributed by atoms with Crippen LogP contribution in [0.3, 0.4) is 0 Å². The maximum Gasteiger partial charge on any atom is 0.154 e. The SMILES string of the molecule is OCC(CO)CCCc1ccc2c(n1)N=CCC2. The van der Waals surface area contributed by atoms with E-state index in [-0.39, 0.29) is 19.1 Å². The summed E-state index contributed by atoms with van der Waals surface area (Å²) in [6.45, 7) is 0.108. The Morgan fingerprint density at radius 3 is 2.83 bits per heavy atom. The molecule has 4 nitrogen and oxygen atoms in total. The highest BCUT2D eigenvalue weighted by atomic mass is 16.3. The molecule has 4 heteroatoms. The Morgan fingerprint density at radius 1 is 1.22 bits per heavy atom. The molecule has 0 unspecified atom stereocenters. The van der Waals surface area contributed by atoms with Gasteiger partial charge in [0.1, 0.15) is 0 Å². The lowest BCUT2D eigenvalue weighted by Gasteiger charge is -2.12. The molecule has 0 aromatic carbocycles. The zero-order chi connectivity index (χ0) is 12.8. The third-order valence-corrected chi connectivity index (χ3v) is 3.33. The topological polar surface area (TPSA) is 65.7 Å². The number of aromatic nitrogens is 1. The van der Waals surface area contributed by atoms with Crippen molar-refractivity contribution in [3.05, 3.63) is 23.4 Å². The molecule has 0 saturated carbocycles. The van der Waals surface area contributed by atoms with Gasteiger partial charge in [-0.1, -0.05) is 6.07 Å². The molecule has 0 saturated heterocycles. The summed E-state index contributed by atoms with van der Waals surface area (Å²) in [6, 6.07) is 4.18. The van der Waals surface area contributed by atoms with E-state index >= 15 is 0 Å². The lowest BCUT2D eigenvalue weighted by molar-refractivity contribution is 0.142. The Bertz CT molecular complexity index is 414. The highest BCUT2D eigenvalue weighted by molar-refractivity contribution is 5.66. The van der Waals surface area contributed by atoms with Gasteiger partial charge < -0.3 is 10.2 Å². The summed E-state index contributed by atoms with van der Waals surface area (Å²) < 4.78 is 0. The van der Waals surface area contributed by atoms with E-state index in [1.165, 1.54) is 5.56 Å². The molecule has 1 aliphatic rings. The van der Waals surface area contributed by atoms with Gasteiger partial charge in [-0.2, -0.15) is 0 Å². The van der Waals surface area contributed by atoms with E-state index in [0.29, 0.717) is 0 Å². The zero-order valence-corrected chi connectivity index (χ0v) is 10.5. The van der Waals surface area contributed by atoms with Crippen molar-refractivity contribution >= 4 is 12.0 Å². The molecule has 0 atom stereocenters. The second kappa shape index (κ2) is 6.61. The average molecular weight is 248 g/mol. The van der Waals surface area contributed by atoms with Crippen molar-refractivity contribution in [2.45, 2.75) is 32.1 Å². The third-order valence-electron chi connectivity index (χ3n) is 3.33. The average Bonchev–Trinajstić information content (AvgIpc) is 2.43. The van der Waals surface area contributed by atoms with Crippen LogP contribution in [0.4, 0.5) is 5.82 Å². The quantitative estimate of drug-likeness (QED) is 0.804. The monoisotopic (exact) mass is 248 g/mol. The van der Waals surface area contributed by atoms with Gasteiger partial charge in [0, 0.05) is 31.0 Å². The molecule has 0 spiro atoms. The Kier molecular flexibility index (Phi) is 4.84. The third kappa shape index (κ3) is 3.37. The molecule has 1 aliphatic heterocycles. The first kappa shape index (κ1) is 13.2. The normalized spacial score (nSPS) is 13.9. The van der Waals surface area contributed by atoms with Crippen LogP contribution < -0.4 is 0 Å². The zero-order valence-electron chi connectivity index (χ0n) is 10.5. The fraction of sp³-hybridized carbons (Fsp3) is 0.571. The second-order valence-corrected chi connectivity index (χ2v) is 4.76. The van der Waals surface area contributed by atoms with Gasteiger partial charge in [-0.15, -0.1) is 0 Å². The highest BCUT2D eigenvalue weighted by Gasteiger charge is 2.09. The maximum atomic E-state index is 8.99. The summed E-state index contributed by atoms with van der Waals surface area (Å²) in [6.07, 6.45) is 6.59. The van der Waals surface area contributed by atoms with E-state index in [9.17, 15) is 0 Å². The van der Waals surface area contributed by atoms with E-state index < -0.39 is 0 Å². The summed E-state index contributed by atoms with van der Waals surface area (Å²) in [5.41, 5.74) is 2.27. The number of rotatable bonds is 6. The van der Waals surface area contributed by atoms with Crippen LogP contribution in [0.5, 0.6) is 0 Å². The van der Waals surface area contributed by atoms with E-state index in [0.717, 1.165) is 43.6 Å². The van der Waals surface area contributed by atoms with Crippen LogP contribution in [0.25, 0.3) is 0 Å². The first-order valence-electron chi connectivity index (χ1n) is 6.56. The lowest BCUT2D eigenvalue weighted by Crippen LogP contribution is -2.11. The molecule has 2 rings (SSSR count). The molecule has 98 valence electrons. The van der Waals surface area contributed by atoms with Crippen molar-refractivity contribution in [2.24, 2.45) is 10.9 Å². The molecule has 1 aromatic rings. The van der Waals surface area contributed by atoms with Gasteiger partial charge in [0.05, 0.1) is 0 Å². The number of aliphatic imine (C=N–C) groups is 1. The summed E-state index contributed by atoms with van der Waals surface area (Å²) in [7, 11) is 0. The smallest absolute Gasteiger partial charge is 0.154 e. The van der Waals surface area contributed by atoms with Crippen LogP contribution in [0.2, 0.25) is 0 Å². The Hall–Kier alpha value is -1.26. The van der Waals surface area contributed by atoms with Gasteiger partial charge in [0.25, 0.3) is 0 Å². The van der Waals surface area contributed by atoms with Crippen LogP contribution in [-0.4, -0.2) is 34.6 Å². The molecule has 2 heterocycles. The minimum atomic E-state index is 0.000600. The van der Waals surface area contributed by atoms with Crippen molar-refractivity contribution in [3.8, 4) is 0 Å². The molecule has 0 radical (unpaired) electrons. The molecule has 0 aliphatic carbocycles. The van der Waals surface area contributed by atoms with Crippen molar-refractivity contribution in [3.63, 3.8) is 0 Å². The number of hydrogen-bond donors (Lipinski definition) is 2. The Morgan fingerprint density at radius 2 is 2.06 bits per heavy atom. The van der Waals surface area contributed by atoms with Crippen LogP contribution in [0.15, 0.2) is 17.1 Å². The van der Waals surface area contributed by atoms with E-state index in [2.05, 4.69) is 22.1 Å². The van der Waals surface area contributed by atoms with Crippen LogP contribution in [0.1, 0.15) is 30.5 Å². The minimum Gasteiger partial charge on any atom is -0.396 e. The Balaban J connectivity index is 1.89. The second-order valence-electron chi connectivity index (χ2n) is 4.76. The highest BCUT2D eigenvalue weighted by Crippen LogP contribution is 2.22. The summed E-state index contributed by atoms with van der Waals surface area (Å²) in [4.78, 5) is 8.85. The van der Waals surface area contributed by atoms with E-state index in [4.69, 9.17) is 10.2 Å². The van der Waals surface area contributed by atoms with Crippen molar-refractivity contribution < 1.29 is 10.2 Å². The van der Waals surface area contributed by atoms with Crippen molar-refractivity contribution in [2.75, 3.05) is 13.2 Å². The fourth-order valence-corrected chi connectivity index (χ4v) is 2.15. The predicted octanol–water partition coefficient (Wildman–Crippen LogP) is 1.65. The lowest BCUT2D eigenvalue weighted by atomic mass is 10.0. The minimum absolute atomic E-state index is 0.000600. The Labute approximate surface area is 107 Å². The van der Waals surface area contributed by atoms with Crippen molar-refractivity contribution in [1.29, 1.82) is 0 Å². The van der Waals surface area contributed by atoms with Gasteiger partial charge in [-0.05, 0) is 43.7 Å². The number of pyridine rings is 1. The van der Waals surface area contributed by atoms with Gasteiger partial charge in [-0.25, -0.2) is 9.98 Å². The number of aliphatic hydroxyl groups excluding tert-OH is 2. The molecule has 0 bridgehead atoms. The van der Waals surface area contributed by atoms with Gasteiger partial charge in [0.15, 0.2) is 5.82 Å². The summed E-state index contributed by atoms with van der Waals surface area (Å²) in [5.74, 6) is 0.861. The fourth-order valence-electron chi connectivity index (χ4n) is 2.15. The number of aliphatic hydroxyl groups is 2. The first-order chi connectivity index (χ1) is 8.83.